The van der Waals surface area contributed by atoms with E-state index in [1.54, 1.807) is 30.3 Å². The van der Waals surface area contributed by atoms with Crippen LogP contribution in [-0.2, 0) is 14.8 Å². The second kappa shape index (κ2) is 15.3. The van der Waals surface area contributed by atoms with Crippen LogP contribution in [0.3, 0.4) is 0 Å². The van der Waals surface area contributed by atoms with E-state index >= 15 is 0 Å². The molecule has 2 amide bonds. The van der Waals surface area contributed by atoms with Crippen LogP contribution in [0.25, 0.3) is 33.4 Å². The molecule has 13 heteroatoms. The average Bonchev–Trinajstić information content (AvgIpc) is 3.90. The van der Waals surface area contributed by atoms with Gasteiger partial charge in [-0.3, -0.25) is 18.8 Å². The van der Waals surface area contributed by atoms with Gasteiger partial charge in [0.2, 0.25) is 10.0 Å². The third-order valence-corrected chi connectivity index (χ3v) is 11.3. The van der Waals surface area contributed by atoms with E-state index in [0.29, 0.717) is 47.3 Å². The highest BCUT2D eigenvalue weighted by Crippen LogP contribution is 2.43. The molecule has 0 saturated carbocycles. The first-order valence-corrected chi connectivity index (χ1v) is 19.8. The molecule has 5 aromatic rings. The Hall–Kier alpha value is -5.11. The fourth-order valence-electron chi connectivity index (χ4n) is 7.48. The summed E-state index contributed by atoms with van der Waals surface area (Å²) in [5.41, 5.74) is 3.24. The van der Waals surface area contributed by atoms with Crippen LogP contribution in [0, 0.1) is 5.82 Å². The van der Waals surface area contributed by atoms with Gasteiger partial charge in [-0.15, -0.1) is 0 Å². The molecule has 1 N–H and O–H groups in total. The first-order valence-electron chi connectivity index (χ1n) is 18.0. The molecule has 54 heavy (non-hydrogen) atoms. The summed E-state index contributed by atoms with van der Waals surface area (Å²) >= 11 is 0. The SMILES string of the molecule is CCCC1CN(C2OC2c2ccccc2)CCN1C(=O)c1cccc(-c2cc3c(C(=O)NC)c(-c4ccc(F)cc4)oc3cc2N(CCF)S(C)(=O)=O)c1. The Kier molecular flexibility index (Phi) is 10.6. The molecule has 2 fully saturated rings. The summed E-state index contributed by atoms with van der Waals surface area (Å²) < 4.78 is 67.3. The van der Waals surface area contributed by atoms with Crippen molar-refractivity contribution in [2.75, 3.05) is 50.5 Å². The summed E-state index contributed by atoms with van der Waals surface area (Å²) in [5.74, 6) is -0.958. The van der Waals surface area contributed by atoms with Crippen LogP contribution in [0.4, 0.5) is 14.5 Å². The molecule has 3 unspecified atom stereocenters. The Morgan fingerprint density at radius 2 is 1.72 bits per heavy atom. The molecule has 3 heterocycles. The Morgan fingerprint density at radius 3 is 2.41 bits per heavy atom. The lowest BCUT2D eigenvalue weighted by Crippen LogP contribution is -2.55. The summed E-state index contributed by atoms with van der Waals surface area (Å²) in [5, 5.41) is 2.99. The molecular weight excluding hydrogens is 715 g/mol. The monoisotopic (exact) mass is 756 g/mol. The Labute approximate surface area is 313 Å². The van der Waals surface area contributed by atoms with Crippen molar-refractivity contribution in [2.24, 2.45) is 0 Å². The van der Waals surface area contributed by atoms with E-state index in [4.69, 9.17) is 9.15 Å². The van der Waals surface area contributed by atoms with Crippen molar-refractivity contribution in [3.63, 3.8) is 0 Å². The molecule has 2 saturated heterocycles. The van der Waals surface area contributed by atoms with Crippen LogP contribution in [0.2, 0.25) is 0 Å². The van der Waals surface area contributed by atoms with Gasteiger partial charge >= 0.3 is 0 Å². The molecular formula is C41H42F2N4O6S. The van der Waals surface area contributed by atoms with E-state index < -0.39 is 35.0 Å². The van der Waals surface area contributed by atoms with Crippen molar-refractivity contribution in [1.82, 2.24) is 15.1 Å². The smallest absolute Gasteiger partial charge is 0.255 e. The molecule has 282 valence electrons. The number of hydrogen-bond acceptors (Lipinski definition) is 7. The molecule has 10 nitrogen and oxygen atoms in total. The summed E-state index contributed by atoms with van der Waals surface area (Å²) in [6, 6.07) is 25.5. The minimum atomic E-state index is -4.01. The fraction of sp³-hybridized carbons (Fsp3) is 0.317. The van der Waals surface area contributed by atoms with Crippen molar-refractivity contribution in [2.45, 2.75) is 38.1 Å². The number of nitrogens with one attached hydrogen (secondary N) is 1. The third-order valence-electron chi connectivity index (χ3n) is 10.1. The van der Waals surface area contributed by atoms with E-state index in [2.05, 4.69) is 29.3 Å². The van der Waals surface area contributed by atoms with Crippen LogP contribution in [0.5, 0.6) is 0 Å². The van der Waals surface area contributed by atoms with Crippen LogP contribution < -0.4 is 9.62 Å². The lowest BCUT2D eigenvalue weighted by atomic mass is 9.96. The van der Waals surface area contributed by atoms with E-state index in [1.165, 1.54) is 37.4 Å². The lowest BCUT2D eigenvalue weighted by molar-refractivity contribution is 0.0317. The Balaban J connectivity index is 1.27. The highest BCUT2D eigenvalue weighted by molar-refractivity contribution is 7.92. The second-order valence-electron chi connectivity index (χ2n) is 13.7. The zero-order valence-electron chi connectivity index (χ0n) is 30.3. The zero-order valence-corrected chi connectivity index (χ0v) is 31.1. The van der Waals surface area contributed by atoms with Crippen LogP contribution in [0.15, 0.2) is 95.4 Å². The predicted octanol–water partition coefficient (Wildman–Crippen LogP) is 7.03. The van der Waals surface area contributed by atoms with Gasteiger partial charge < -0.3 is 19.4 Å². The average molecular weight is 757 g/mol. The van der Waals surface area contributed by atoms with Crippen molar-refractivity contribution < 1.29 is 35.9 Å². The van der Waals surface area contributed by atoms with Gasteiger partial charge in [0, 0.05) is 60.9 Å². The maximum absolute atomic E-state index is 14.3. The zero-order chi connectivity index (χ0) is 38.1. The van der Waals surface area contributed by atoms with Crippen molar-refractivity contribution in [1.29, 1.82) is 0 Å². The second-order valence-corrected chi connectivity index (χ2v) is 15.6. The number of rotatable bonds is 12. The molecule has 3 atom stereocenters. The summed E-state index contributed by atoms with van der Waals surface area (Å²) in [4.78, 5) is 31.9. The van der Waals surface area contributed by atoms with Crippen LogP contribution in [-0.4, -0.2) is 88.5 Å². The Morgan fingerprint density at radius 1 is 0.963 bits per heavy atom. The number of hydrogen-bond donors (Lipinski definition) is 1. The number of furan rings is 1. The van der Waals surface area contributed by atoms with Crippen molar-refractivity contribution >= 4 is 38.5 Å². The number of sulfonamides is 1. The topological polar surface area (TPSA) is 116 Å². The first kappa shape index (κ1) is 37.2. The first-order chi connectivity index (χ1) is 26.0. The molecule has 4 aromatic carbocycles. The van der Waals surface area contributed by atoms with E-state index in [0.717, 1.165) is 29.0 Å². The van der Waals surface area contributed by atoms with E-state index in [9.17, 15) is 26.8 Å². The summed E-state index contributed by atoms with van der Waals surface area (Å²) in [6.07, 6.45) is 2.65. The number of alkyl halides is 1. The predicted molar refractivity (Wildman–Crippen MR) is 204 cm³/mol. The van der Waals surface area contributed by atoms with Gasteiger partial charge in [-0.05, 0) is 60.0 Å². The highest BCUT2D eigenvalue weighted by Gasteiger charge is 2.47. The molecule has 2 aliphatic heterocycles. The number of epoxide rings is 1. The molecule has 1 aromatic heterocycles. The van der Waals surface area contributed by atoms with Gasteiger partial charge in [0.1, 0.15) is 36.2 Å². The number of benzene rings is 4. The van der Waals surface area contributed by atoms with Crippen molar-refractivity contribution in [3.05, 3.63) is 114 Å². The van der Waals surface area contributed by atoms with Crippen LogP contribution in [0.1, 0.15) is 52.1 Å². The largest absolute Gasteiger partial charge is 0.455 e. The normalized spacial score (nSPS) is 18.8. The number of fused-ring (bicyclic) bond motifs is 1. The number of carbonyl (C=O) groups excluding carboxylic acids is 2. The van der Waals surface area contributed by atoms with Crippen molar-refractivity contribution in [3.8, 4) is 22.5 Å². The highest BCUT2D eigenvalue weighted by atomic mass is 32.2. The molecule has 0 radical (unpaired) electrons. The number of halogens is 2. The minimum Gasteiger partial charge on any atom is -0.455 e. The molecule has 2 aliphatic rings. The van der Waals surface area contributed by atoms with Gasteiger partial charge in [-0.2, -0.15) is 0 Å². The number of carbonyl (C=O) groups is 2. The number of amides is 2. The van der Waals surface area contributed by atoms with Gasteiger partial charge in [-0.1, -0.05) is 55.8 Å². The number of piperazine rings is 1. The summed E-state index contributed by atoms with van der Waals surface area (Å²) in [7, 11) is -2.54. The number of ether oxygens (including phenoxy) is 1. The molecule has 7 rings (SSSR count). The van der Waals surface area contributed by atoms with Gasteiger partial charge in [-0.25, -0.2) is 17.2 Å². The maximum atomic E-state index is 14.3. The number of anilines is 1. The third kappa shape index (κ3) is 7.35. The Bertz CT molecular complexity index is 2280. The standard InChI is InChI=1S/C41H42F2N4O6S/c1-4-9-31-25-45(41-38(53-41)26-10-6-5-7-11-26)20-21-46(31)40(49)29-13-8-12-28(22-29)32-23-33-35(24-34(32)47(19-18-42)54(3,50)51)52-37(36(33)39(48)44-2)27-14-16-30(43)17-15-27/h5-8,10-17,22-24,31,38,41H,4,9,18-21,25H2,1-3H3,(H,44,48). The number of nitrogens with zero attached hydrogens (tertiary/aromatic N) is 3. The minimum absolute atomic E-state index is 0.00811. The van der Waals surface area contributed by atoms with Gasteiger partial charge in [0.05, 0.1) is 24.1 Å². The van der Waals surface area contributed by atoms with Gasteiger partial charge in [0.15, 0.2) is 0 Å². The molecule has 0 aliphatic carbocycles. The van der Waals surface area contributed by atoms with E-state index in [-0.39, 0.29) is 46.9 Å². The fourth-order valence-corrected chi connectivity index (χ4v) is 8.39. The lowest BCUT2D eigenvalue weighted by Gasteiger charge is -2.41. The van der Waals surface area contributed by atoms with E-state index in [1.807, 2.05) is 23.1 Å². The van der Waals surface area contributed by atoms with Gasteiger partial charge in [0.25, 0.3) is 11.8 Å². The summed E-state index contributed by atoms with van der Waals surface area (Å²) in [6.45, 7) is 2.47. The van der Waals surface area contributed by atoms with Crippen LogP contribution >= 0.6 is 0 Å². The maximum Gasteiger partial charge on any atom is 0.255 e. The molecule has 0 spiro atoms. The molecule has 0 bridgehead atoms. The quantitative estimate of drug-likeness (QED) is 0.136.